The molecule has 2 N–H and O–H groups in total. The summed E-state index contributed by atoms with van der Waals surface area (Å²) in [5.74, 6) is -2.73. The summed E-state index contributed by atoms with van der Waals surface area (Å²) < 4.78 is 32.3. The van der Waals surface area contributed by atoms with Crippen LogP contribution in [0.1, 0.15) is 25.3 Å². The summed E-state index contributed by atoms with van der Waals surface area (Å²) in [5, 5.41) is 10.7. The van der Waals surface area contributed by atoms with Gasteiger partial charge in [-0.3, -0.25) is 0 Å². The lowest BCUT2D eigenvalue weighted by atomic mass is 10.0. The summed E-state index contributed by atoms with van der Waals surface area (Å²) in [6.45, 7) is 3.48. The van der Waals surface area contributed by atoms with E-state index >= 15 is 0 Å². The van der Waals surface area contributed by atoms with E-state index in [0.29, 0.717) is 0 Å². The number of esters is 1. The molecule has 0 aliphatic carbocycles. The van der Waals surface area contributed by atoms with Crippen LogP contribution in [0.5, 0.6) is 0 Å². The molecule has 0 saturated carbocycles. The molecule has 136 valence electrons. The van der Waals surface area contributed by atoms with Gasteiger partial charge in [0.1, 0.15) is 5.57 Å². The van der Waals surface area contributed by atoms with E-state index in [4.69, 9.17) is 10.1 Å². The first-order valence-electron chi connectivity index (χ1n) is 8.15. The Morgan fingerprint density at radius 2 is 2.12 bits per heavy atom. The van der Waals surface area contributed by atoms with Gasteiger partial charge in [-0.25, -0.2) is 4.79 Å². The zero-order valence-electron chi connectivity index (χ0n) is 14.3. The number of rotatable bonds is 6. The van der Waals surface area contributed by atoms with Gasteiger partial charge in [-0.15, -0.1) is 0 Å². The van der Waals surface area contributed by atoms with E-state index in [1.165, 1.54) is 6.07 Å². The molecule has 0 atom stereocenters. The van der Waals surface area contributed by atoms with Crippen molar-refractivity contribution in [3.8, 4) is 0 Å². The van der Waals surface area contributed by atoms with Crippen molar-refractivity contribution in [1.29, 1.82) is 5.41 Å². The van der Waals surface area contributed by atoms with Gasteiger partial charge in [-0.1, -0.05) is 0 Å². The molecule has 0 spiro atoms. The van der Waals surface area contributed by atoms with Gasteiger partial charge >= 0.3 is 5.97 Å². The Labute approximate surface area is 145 Å². The van der Waals surface area contributed by atoms with Crippen molar-refractivity contribution in [2.24, 2.45) is 0 Å². The van der Waals surface area contributed by atoms with Crippen LogP contribution in [0.4, 0.5) is 8.78 Å². The van der Waals surface area contributed by atoms with Crippen LogP contribution in [0.25, 0.3) is 5.70 Å². The first-order valence-corrected chi connectivity index (χ1v) is 8.15. The number of likely N-dealkylation sites (tertiary alicyclic amines) is 1. The molecule has 0 aromatic carbocycles. The van der Waals surface area contributed by atoms with Crippen LogP contribution in [0.2, 0.25) is 0 Å². The standard InChI is InChI=1S/C17H22F2N4O2/c1-3-25-17(24)13(10-20)15(12-4-5-14(18)22-16(12)19)21-11-6-8-23(2)9-7-11/h4-5,10-11,20-21H,3,6-9H2,1-2H3/b15-13+,20-10?. The van der Waals surface area contributed by atoms with E-state index in [-0.39, 0.29) is 29.5 Å². The number of nitrogens with one attached hydrogen (secondary N) is 2. The third kappa shape index (κ3) is 4.82. The number of carbonyl (C=O) groups is 1. The van der Waals surface area contributed by atoms with E-state index in [2.05, 4.69) is 15.2 Å². The minimum absolute atomic E-state index is 0.0000274. The molecule has 1 aromatic heterocycles. The Bertz CT molecular complexity index is 671. The topological polar surface area (TPSA) is 78.3 Å². The van der Waals surface area contributed by atoms with E-state index in [0.717, 1.165) is 38.2 Å². The number of ether oxygens (including phenoxy) is 1. The Morgan fingerprint density at radius 3 is 2.68 bits per heavy atom. The highest BCUT2D eigenvalue weighted by atomic mass is 19.1. The van der Waals surface area contributed by atoms with Gasteiger partial charge in [0.05, 0.1) is 17.9 Å². The average Bonchev–Trinajstić information content (AvgIpc) is 2.57. The molecule has 25 heavy (non-hydrogen) atoms. The Hall–Kier alpha value is -2.35. The van der Waals surface area contributed by atoms with Crippen LogP contribution >= 0.6 is 0 Å². The summed E-state index contributed by atoms with van der Waals surface area (Å²) in [4.78, 5) is 17.5. The largest absolute Gasteiger partial charge is 0.462 e. The molecular weight excluding hydrogens is 330 g/mol. The molecule has 1 fully saturated rings. The second-order valence-electron chi connectivity index (χ2n) is 5.85. The summed E-state index contributed by atoms with van der Waals surface area (Å²) in [6.07, 6.45) is 2.41. The predicted molar refractivity (Wildman–Crippen MR) is 90.1 cm³/mol. The summed E-state index contributed by atoms with van der Waals surface area (Å²) in [7, 11) is 2.01. The number of carbonyl (C=O) groups excluding carboxylic acids is 1. The fourth-order valence-electron chi connectivity index (χ4n) is 2.70. The van der Waals surface area contributed by atoms with Gasteiger partial charge in [-0.2, -0.15) is 13.8 Å². The van der Waals surface area contributed by atoms with Crippen LogP contribution in [-0.2, 0) is 9.53 Å². The summed E-state index contributed by atoms with van der Waals surface area (Å²) in [6, 6.07) is 2.22. The zero-order chi connectivity index (χ0) is 18.4. The fourth-order valence-corrected chi connectivity index (χ4v) is 2.70. The molecule has 1 aliphatic rings. The number of nitrogens with zero attached hydrogens (tertiary/aromatic N) is 2. The van der Waals surface area contributed by atoms with Gasteiger partial charge in [0.25, 0.3) is 0 Å². The average molecular weight is 352 g/mol. The van der Waals surface area contributed by atoms with E-state index in [1.54, 1.807) is 6.92 Å². The highest BCUT2D eigenvalue weighted by Gasteiger charge is 2.24. The monoisotopic (exact) mass is 352 g/mol. The van der Waals surface area contributed by atoms with Crippen LogP contribution in [0.15, 0.2) is 17.7 Å². The van der Waals surface area contributed by atoms with Crippen molar-refractivity contribution in [1.82, 2.24) is 15.2 Å². The van der Waals surface area contributed by atoms with Crippen LogP contribution < -0.4 is 5.32 Å². The number of hydrogen-bond acceptors (Lipinski definition) is 6. The molecule has 2 rings (SSSR count). The van der Waals surface area contributed by atoms with Crippen molar-refractivity contribution in [2.75, 3.05) is 26.7 Å². The van der Waals surface area contributed by atoms with Gasteiger partial charge < -0.3 is 20.4 Å². The number of pyridine rings is 1. The van der Waals surface area contributed by atoms with Gasteiger partial charge in [0.15, 0.2) is 0 Å². The third-order valence-electron chi connectivity index (χ3n) is 4.06. The van der Waals surface area contributed by atoms with E-state index in [9.17, 15) is 13.6 Å². The number of aromatic nitrogens is 1. The summed E-state index contributed by atoms with van der Waals surface area (Å²) >= 11 is 0. The minimum Gasteiger partial charge on any atom is -0.462 e. The predicted octanol–water partition coefficient (Wildman–Crippen LogP) is 1.97. The lowest BCUT2D eigenvalue weighted by Crippen LogP contribution is -2.40. The van der Waals surface area contributed by atoms with Gasteiger partial charge in [0.2, 0.25) is 11.9 Å². The molecule has 0 unspecified atom stereocenters. The lowest BCUT2D eigenvalue weighted by Gasteiger charge is -2.31. The normalized spacial score (nSPS) is 17.0. The quantitative estimate of drug-likeness (QED) is 0.354. The Kier molecular flexibility index (Phi) is 6.58. The van der Waals surface area contributed by atoms with Crippen LogP contribution in [0, 0.1) is 17.3 Å². The molecule has 0 radical (unpaired) electrons. The van der Waals surface area contributed by atoms with E-state index in [1.807, 2.05) is 7.05 Å². The molecule has 8 heteroatoms. The van der Waals surface area contributed by atoms with Crippen molar-refractivity contribution in [3.05, 3.63) is 35.2 Å². The van der Waals surface area contributed by atoms with Crippen molar-refractivity contribution < 1.29 is 18.3 Å². The van der Waals surface area contributed by atoms with Crippen LogP contribution in [0.3, 0.4) is 0 Å². The molecule has 1 aliphatic heterocycles. The smallest absolute Gasteiger partial charge is 0.341 e. The van der Waals surface area contributed by atoms with Crippen molar-refractivity contribution >= 4 is 17.9 Å². The number of hydrogen-bond donors (Lipinski definition) is 2. The molecule has 0 amide bonds. The third-order valence-corrected chi connectivity index (χ3v) is 4.06. The van der Waals surface area contributed by atoms with Crippen molar-refractivity contribution in [3.63, 3.8) is 0 Å². The SMILES string of the molecule is CCOC(=O)/C(C=N)=C(/NC1CCN(C)CC1)c1ccc(F)nc1F. The number of halogens is 2. The Morgan fingerprint density at radius 1 is 1.44 bits per heavy atom. The first kappa shape index (κ1) is 19.0. The molecule has 2 heterocycles. The highest BCUT2D eigenvalue weighted by Crippen LogP contribution is 2.22. The Balaban J connectivity index is 2.43. The molecule has 1 aromatic rings. The maximum atomic E-state index is 14.2. The summed E-state index contributed by atoms with van der Waals surface area (Å²) in [5.41, 5.74) is -0.0760. The molecule has 0 bridgehead atoms. The van der Waals surface area contributed by atoms with E-state index < -0.39 is 17.9 Å². The van der Waals surface area contributed by atoms with Crippen LogP contribution in [-0.4, -0.2) is 54.9 Å². The molecule has 6 nitrogen and oxygen atoms in total. The zero-order valence-corrected chi connectivity index (χ0v) is 14.3. The molecule has 1 saturated heterocycles. The fraction of sp³-hybridized carbons (Fsp3) is 0.471. The second kappa shape index (κ2) is 8.66. The maximum absolute atomic E-state index is 14.2. The second-order valence-corrected chi connectivity index (χ2v) is 5.85. The maximum Gasteiger partial charge on any atom is 0.341 e. The van der Waals surface area contributed by atoms with Gasteiger partial charge in [-0.05, 0) is 52.0 Å². The number of piperidine rings is 1. The molecular formula is C17H22F2N4O2. The lowest BCUT2D eigenvalue weighted by molar-refractivity contribution is -0.137. The van der Waals surface area contributed by atoms with Crippen molar-refractivity contribution in [2.45, 2.75) is 25.8 Å². The highest BCUT2D eigenvalue weighted by molar-refractivity contribution is 6.15. The van der Waals surface area contributed by atoms with Gasteiger partial charge in [0, 0.05) is 12.3 Å². The first-order chi connectivity index (χ1) is 12.0. The minimum atomic E-state index is -1.04.